The number of benzene rings is 1. The summed E-state index contributed by atoms with van der Waals surface area (Å²) in [4.78, 5) is 4.09. The van der Waals surface area contributed by atoms with Crippen LogP contribution in [-0.2, 0) is 10.0 Å². The van der Waals surface area contributed by atoms with E-state index in [2.05, 4.69) is 25.8 Å². The second-order valence-corrected chi connectivity index (χ2v) is 10.0. The zero-order valence-electron chi connectivity index (χ0n) is 13.2. The van der Waals surface area contributed by atoms with E-state index < -0.39 is 10.0 Å². The van der Waals surface area contributed by atoms with Gasteiger partial charge in [0.15, 0.2) is 4.21 Å². The van der Waals surface area contributed by atoms with Gasteiger partial charge in [0.05, 0.1) is 16.9 Å². The number of aromatic nitrogens is 1. The SMILES string of the molecule is Cc1ncc(S(=O)(=O)N2C[C@@H](C(C)(C)C)c3ccccc32)s1. The third-order valence-electron chi connectivity index (χ3n) is 4.12. The highest BCUT2D eigenvalue weighted by molar-refractivity contribution is 7.94. The van der Waals surface area contributed by atoms with Crippen LogP contribution in [0.5, 0.6) is 0 Å². The lowest BCUT2D eigenvalue weighted by atomic mass is 9.78. The van der Waals surface area contributed by atoms with E-state index in [1.807, 2.05) is 31.2 Å². The monoisotopic (exact) mass is 336 g/mol. The zero-order valence-corrected chi connectivity index (χ0v) is 14.8. The molecule has 2 aromatic rings. The normalized spacial score (nSPS) is 18.5. The molecule has 0 fully saturated rings. The van der Waals surface area contributed by atoms with Crippen molar-refractivity contribution in [1.82, 2.24) is 4.98 Å². The number of anilines is 1. The maximum absolute atomic E-state index is 13.0. The lowest BCUT2D eigenvalue weighted by Crippen LogP contribution is -2.32. The number of rotatable bonds is 2. The predicted octanol–water partition coefficient (Wildman–Crippen LogP) is 3.79. The Bertz CT molecular complexity index is 804. The Balaban J connectivity index is 2.10. The average molecular weight is 336 g/mol. The van der Waals surface area contributed by atoms with Crippen LogP contribution < -0.4 is 4.31 Å². The van der Waals surface area contributed by atoms with Crippen molar-refractivity contribution in [2.24, 2.45) is 5.41 Å². The van der Waals surface area contributed by atoms with Crippen molar-refractivity contribution >= 4 is 27.0 Å². The molecule has 0 saturated carbocycles. The van der Waals surface area contributed by atoms with Gasteiger partial charge in [-0.15, -0.1) is 11.3 Å². The molecule has 4 nitrogen and oxygen atoms in total. The van der Waals surface area contributed by atoms with Crippen LogP contribution >= 0.6 is 11.3 Å². The third-order valence-corrected chi connectivity index (χ3v) is 7.25. The molecule has 0 amide bonds. The Morgan fingerprint density at radius 3 is 2.55 bits per heavy atom. The van der Waals surface area contributed by atoms with Crippen LogP contribution in [0.2, 0.25) is 0 Å². The van der Waals surface area contributed by atoms with Gasteiger partial charge in [-0.2, -0.15) is 0 Å². The molecule has 3 rings (SSSR count). The predicted molar refractivity (Wildman–Crippen MR) is 90.0 cm³/mol. The number of hydrogen-bond acceptors (Lipinski definition) is 4. The Hall–Kier alpha value is -1.40. The number of thiazole rings is 1. The number of fused-ring (bicyclic) bond motifs is 1. The van der Waals surface area contributed by atoms with E-state index in [1.165, 1.54) is 17.5 Å². The van der Waals surface area contributed by atoms with Crippen LogP contribution in [0.4, 0.5) is 5.69 Å². The maximum Gasteiger partial charge on any atom is 0.275 e. The van der Waals surface area contributed by atoms with E-state index in [0.29, 0.717) is 10.8 Å². The van der Waals surface area contributed by atoms with Gasteiger partial charge in [-0.25, -0.2) is 13.4 Å². The minimum absolute atomic E-state index is 0.00396. The molecule has 0 spiro atoms. The molecular weight excluding hydrogens is 316 g/mol. The Morgan fingerprint density at radius 1 is 1.27 bits per heavy atom. The molecule has 1 aromatic heterocycles. The molecule has 0 saturated heterocycles. The minimum atomic E-state index is -3.54. The van der Waals surface area contributed by atoms with E-state index in [4.69, 9.17) is 0 Å². The van der Waals surface area contributed by atoms with Gasteiger partial charge in [-0.1, -0.05) is 39.0 Å². The molecule has 0 N–H and O–H groups in total. The summed E-state index contributed by atoms with van der Waals surface area (Å²) in [6.07, 6.45) is 1.46. The summed E-state index contributed by atoms with van der Waals surface area (Å²) in [6.45, 7) is 8.77. The fourth-order valence-corrected chi connectivity index (χ4v) is 5.64. The summed E-state index contributed by atoms with van der Waals surface area (Å²) < 4.78 is 27.8. The first kappa shape index (κ1) is 15.5. The number of sulfonamides is 1. The van der Waals surface area contributed by atoms with Gasteiger partial charge in [0.2, 0.25) is 0 Å². The van der Waals surface area contributed by atoms with Gasteiger partial charge in [0.1, 0.15) is 0 Å². The van der Waals surface area contributed by atoms with Crippen molar-refractivity contribution in [1.29, 1.82) is 0 Å². The first-order valence-electron chi connectivity index (χ1n) is 7.25. The van der Waals surface area contributed by atoms with Crippen LogP contribution in [-0.4, -0.2) is 19.9 Å². The molecule has 0 aliphatic carbocycles. The van der Waals surface area contributed by atoms with Crippen LogP contribution in [0.3, 0.4) is 0 Å². The fourth-order valence-electron chi connectivity index (χ4n) is 2.91. The van der Waals surface area contributed by atoms with E-state index in [9.17, 15) is 8.42 Å². The number of hydrogen-bond donors (Lipinski definition) is 0. The lowest BCUT2D eigenvalue weighted by molar-refractivity contribution is 0.336. The largest absolute Gasteiger partial charge is 0.275 e. The standard InChI is InChI=1S/C16H20N2O2S2/c1-11-17-9-15(21-11)22(19,20)18-10-13(16(2,3)4)12-7-5-6-8-14(12)18/h5-9,13H,10H2,1-4H3/t13-/m1/s1. The van der Waals surface area contributed by atoms with Crippen molar-refractivity contribution < 1.29 is 8.42 Å². The topological polar surface area (TPSA) is 50.3 Å². The number of para-hydroxylation sites is 1. The molecule has 1 aliphatic rings. The highest BCUT2D eigenvalue weighted by Crippen LogP contribution is 2.47. The number of nitrogens with zero attached hydrogens (tertiary/aromatic N) is 2. The zero-order chi connectivity index (χ0) is 16.1. The molecule has 1 aromatic carbocycles. The van der Waals surface area contributed by atoms with Crippen molar-refractivity contribution in [3.63, 3.8) is 0 Å². The summed E-state index contributed by atoms with van der Waals surface area (Å²) in [7, 11) is -3.54. The van der Waals surface area contributed by atoms with Crippen LogP contribution in [0.15, 0.2) is 34.7 Å². The summed E-state index contributed by atoms with van der Waals surface area (Å²) in [5, 5.41) is 0.762. The fraction of sp³-hybridized carbons (Fsp3) is 0.438. The van der Waals surface area contributed by atoms with Crippen molar-refractivity contribution in [3.05, 3.63) is 41.0 Å². The lowest BCUT2D eigenvalue weighted by Gasteiger charge is -2.27. The third kappa shape index (κ3) is 2.44. The first-order valence-corrected chi connectivity index (χ1v) is 9.51. The van der Waals surface area contributed by atoms with Gasteiger partial charge in [-0.05, 0) is 24.0 Å². The van der Waals surface area contributed by atoms with Crippen molar-refractivity contribution in [2.45, 2.75) is 37.8 Å². The summed E-state index contributed by atoms with van der Waals surface area (Å²) >= 11 is 1.22. The summed E-state index contributed by atoms with van der Waals surface area (Å²) in [5.74, 6) is 0.187. The first-order chi connectivity index (χ1) is 10.2. The van der Waals surface area contributed by atoms with Gasteiger partial charge in [0, 0.05) is 12.5 Å². The van der Waals surface area contributed by atoms with E-state index in [-0.39, 0.29) is 11.3 Å². The quantitative estimate of drug-likeness (QED) is 0.838. The molecule has 6 heteroatoms. The summed E-state index contributed by atoms with van der Waals surface area (Å²) in [6, 6.07) is 7.81. The Labute approximate surface area is 135 Å². The smallest absolute Gasteiger partial charge is 0.265 e. The second kappa shape index (κ2) is 5.06. The molecule has 22 heavy (non-hydrogen) atoms. The Kier molecular flexibility index (Phi) is 3.57. The molecular formula is C16H20N2O2S2. The molecule has 2 heterocycles. The van der Waals surface area contributed by atoms with Gasteiger partial charge < -0.3 is 0 Å². The molecule has 118 valence electrons. The van der Waals surface area contributed by atoms with E-state index in [0.717, 1.165) is 16.3 Å². The van der Waals surface area contributed by atoms with Crippen LogP contribution in [0.25, 0.3) is 0 Å². The molecule has 1 aliphatic heterocycles. The van der Waals surface area contributed by atoms with Crippen molar-refractivity contribution in [2.75, 3.05) is 10.8 Å². The van der Waals surface area contributed by atoms with E-state index in [1.54, 1.807) is 4.31 Å². The van der Waals surface area contributed by atoms with Gasteiger partial charge >= 0.3 is 0 Å². The maximum atomic E-state index is 13.0. The highest BCUT2D eigenvalue weighted by Gasteiger charge is 2.41. The minimum Gasteiger partial charge on any atom is -0.265 e. The average Bonchev–Trinajstić information content (AvgIpc) is 3.02. The van der Waals surface area contributed by atoms with Gasteiger partial charge in [0.25, 0.3) is 10.0 Å². The Morgan fingerprint density at radius 2 is 1.95 bits per heavy atom. The van der Waals surface area contributed by atoms with Crippen LogP contribution in [0, 0.1) is 12.3 Å². The summed E-state index contributed by atoms with van der Waals surface area (Å²) in [5.41, 5.74) is 1.91. The van der Waals surface area contributed by atoms with Crippen LogP contribution in [0.1, 0.15) is 37.3 Å². The molecule has 0 radical (unpaired) electrons. The molecule has 1 atom stereocenters. The second-order valence-electron chi connectivity index (χ2n) is 6.71. The van der Waals surface area contributed by atoms with E-state index >= 15 is 0 Å². The number of aryl methyl sites for hydroxylation is 1. The van der Waals surface area contributed by atoms with Crippen molar-refractivity contribution in [3.8, 4) is 0 Å². The van der Waals surface area contributed by atoms with Gasteiger partial charge in [-0.3, -0.25) is 4.31 Å². The molecule has 0 bridgehead atoms. The molecule has 0 unspecified atom stereocenters. The highest BCUT2D eigenvalue weighted by atomic mass is 32.2.